The molecule has 1 aromatic rings. The molecule has 78 valence electrons. The lowest BCUT2D eigenvalue weighted by atomic mass is 10.4. The molecule has 1 rings (SSSR count). The minimum absolute atomic E-state index is 0.0172. The van der Waals surface area contributed by atoms with E-state index in [0.29, 0.717) is 6.54 Å². The summed E-state index contributed by atoms with van der Waals surface area (Å²) in [6.07, 6.45) is 0.798. The minimum Gasteiger partial charge on any atom is -0.480 e. The van der Waals surface area contributed by atoms with Gasteiger partial charge in [0.1, 0.15) is 0 Å². The van der Waals surface area contributed by atoms with Crippen LogP contribution in [0.4, 0.5) is 0 Å². The Labute approximate surface area is 87.0 Å². The molecule has 0 saturated carbocycles. The van der Waals surface area contributed by atoms with E-state index in [1.54, 1.807) is 11.3 Å². The summed E-state index contributed by atoms with van der Waals surface area (Å²) < 4.78 is 0. The number of thiazole rings is 1. The molecule has 0 saturated heterocycles. The molecule has 0 amide bonds. The second-order valence-corrected chi connectivity index (χ2v) is 4.36. The van der Waals surface area contributed by atoms with Crippen LogP contribution in [0.2, 0.25) is 0 Å². The van der Waals surface area contributed by atoms with Gasteiger partial charge >= 0.3 is 5.97 Å². The zero-order valence-electron chi connectivity index (χ0n) is 8.33. The van der Waals surface area contributed by atoms with Crippen LogP contribution in [-0.4, -0.2) is 29.1 Å². The van der Waals surface area contributed by atoms with E-state index in [-0.39, 0.29) is 6.54 Å². The van der Waals surface area contributed by atoms with Crippen molar-refractivity contribution in [3.05, 3.63) is 15.6 Å². The maximum atomic E-state index is 10.2. The summed E-state index contributed by atoms with van der Waals surface area (Å²) in [5, 5.41) is 12.3. The molecule has 5 heteroatoms. The summed E-state index contributed by atoms with van der Waals surface area (Å²) in [6, 6.07) is 0. The largest absolute Gasteiger partial charge is 0.480 e. The fraction of sp³-hybridized carbons (Fsp3) is 0.556. The van der Waals surface area contributed by atoms with Crippen LogP contribution in [0.25, 0.3) is 0 Å². The van der Waals surface area contributed by atoms with E-state index in [9.17, 15) is 4.79 Å². The average molecular weight is 214 g/mol. The standard InChI is InChI=1S/C9H14N2O2S/c1-6-7(2)14-8(11-6)3-4-10-5-9(12)13/h10H,3-5H2,1-2H3,(H,12,13). The Kier molecular flexibility index (Phi) is 4.03. The minimum atomic E-state index is -0.823. The molecule has 0 aliphatic heterocycles. The van der Waals surface area contributed by atoms with Crippen molar-refractivity contribution in [2.24, 2.45) is 0 Å². The van der Waals surface area contributed by atoms with Crippen molar-refractivity contribution in [2.75, 3.05) is 13.1 Å². The number of nitrogens with zero attached hydrogens (tertiary/aromatic N) is 1. The van der Waals surface area contributed by atoms with Gasteiger partial charge in [-0.05, 0) is 13.8 Å². The molecule has 0 unspecified atom stereocenters. The first-order valence-corrected chi connectivity index (χ1v) is 5.26. The van der Waals surface area contributed by atoms with E-state index in [1.165, 1.54) is 4.88 Å². The Morgan fingerprint density at radius 1 is 1.57 bits per heavy atom. The van der Waals surface area contributed by atoms with E-state index in [4.69, 9.17) is 5.11 Å². The molecular formula is C9H14N2O2S. The van der Waals surface area contributed by atoms with Crippen LogP contribution >= 0.6 is 11.3 Å². The highest BCUT2D eigenvalue weighted by molar-refractivity contribution is 7.11. The Hall–Kier alpha value is -0.940. The molecule has 0 radical (unpaired) electrons. The number of hydrogen-bond donors (Lipinski definition) is 2. The molecule has 0 atom stereocenters. The molecule has 0 spiro atoms. The average Bonchev–Trinajstić information content (AvgIpc) is 2.40. The van der Waals surface area contributed by atoms with Crippen LogP contribution in [0.5, 0.6) is 0 Å². The van der Waals surface area contributed by atoms with Crippen molar-refractivity contribution in [1.29, 1.82) is 0 Å². The highest BCUT2D eigenvalue weighted by Gasteiger charge is 2.03. The smallest absolute Gasteiger partial charge is 0.317 e. The normalized spacial score (nSPS) is 10.4. The first-order valence-electron chi connectivity index (χ1n) is 4.45. The summed E-state index contributed by atoms with van der Waals surface area (Å²) in [7, 11) is 0. The van der Waals surface area contributed by atoms with Gasteiger partial charge in [0.2, 0.25) is 0 Å². The molecule has 2 N–H and O–H groups in total. The van der Waals surface area contributed by atoms with Crippen LogP contribution in [-0.2, 0) is 11.2 Å². The Morgan fingerprint density at radius 3 is 2.79 bits per heavy atom. The summed E-state index contributed by atoms with van der Waals surface area (Å²) in [4.78, 5) is 15.8. The first kappa shape index (κ1) is 11.1. The van der Waals surface area contributed by atoms with Crippen molar-refractivity contribution in [3.8, 4) is 0 Å². The second-order valence-electron chi connectivity index (χ2n) is 3.07. The van der Waals surface area contributed by atoms with Crippen LogP contribution in [0.1, 0.15) is 15.6 Å². The highest BCUT2D eigenvalue weighted by Crippen LogP contribution is 2.16. The third kappa shape index (κ3) is 3.43. The first-order chi connectivity index (χ1) is 6.59. The summed E-state index contributed by atoms with van der Waals surface area (Å²) in [6.45, 7) is 4.71. The molecule has 1 aromatic heterocycles. The zero-order chi connectivity index (χ0) is 10.6. The lowest BCUT2D eigenvalue weighted by Crippen LogP contribution is -2.24. The molecule has 4 nitrogen and oxygen atoms in total. The summed E-state index contributed by atoms with van der Waals surface area (Å²) >= 11 is 1.67. The molecular weight excluding hydrogens is 200 g/mol. The third-order valence-corrected chi connectivity index (χ3v) is 3.00. The van der Waals surface area contributed by atoms with E-state index in [1.807, 2.05) is 13.8 Å². The predicted octanol–water partition coefficient (Wildman–Crippen LogP) is 0.977. The van der Waals surface area contributed by atoms with Gasteiger partial charge in [-0.1, -0.05) is 0 Å². The van der Waals surface area contributed by atoms with E-state index in [0.717, 1.165) is 17.1 Å². The topological polar surface area (TPSA) is 62.2 Å². The number of nitrogens with one attached hydrogen (secondary N) is 1. The van der Waals surface area contributed by atoms with Gasteiger partial charge in [0.15, 0.2) is 0 Å². The number of aliphatic carboxylic acids is 1. The van der Waals surface area contributed by atoms with Gasteiger partial charge in [-0.25, -0.2) is 4.98 Å². The SMILES string of the molecule is Cc1nc(CCNCC(=O)O)sc1C. The number of rotatable bonds is 5. The molecule has 14 heavy (non-hydrogen) atoms. The Balaban J connectivity index is 2.28. The van der Waals surface area contributed by atoms with Gasteiger partial charge in [-0.2, -0.15) is 0 Å². The number of carboxylic acids is 1. The van der Waals surface area contributed by atoms with Crippen LogP contribution in [0.3, 0.4) is 0 Å². The van der Waals surface area contributed by atoms with E-state index in [2.05, 4.69) is 10.3 Å². The van der Waals surface area contributed by atoms with Crippen molar-refractivity contribution < 1.29 is 9.90 Å². The maximum absolute atomic E-state index is 10.2. The van der Waals surface area contributed by atoms with Gasteiger partial charge in [0.25, 0.3) is 0 Å². The van der Waals surface area contributed by atoms with Crippen LogP contribution in [0.15, 0.2) is 0 Å². The molecule has 1 heterocycles. The predicted molar refractivity (Wildman–Crippen MR) is 55.8 cm³/mol. The van der Waals surface area contributed by atoms with Gasteiger partial charge in [-0.3, -0.25) is 4.79 Å². The monoisotopic (exact) mass is 214 g/mol. The van der Waals surface area contributed by atoms with E-state index >= 15 is 0 Å². The summed E-state index contributed by atoms with van der Waals surface area (Å²) in [5.41, 5.74) is 1.07. The Bertz CT molecular complexity index is 303. The van der Waals surface area contributed by atoms with Crippen molar-refractivity contribution in [2.45, 2.75) is 20.3 Å². The van der Waals surface area contributed by atoms with Gasteiger partial charge in [0, 0.05) is 17.8 Å². The fourth-order valence-electron chi connectivity index (χ4n) is 1.04. The zero-order valence-corrected chi connectivity index (χ0v) is 9.15. The molecule has 0 fully saturated rings. The Morgan fingerprint density at radius 2 is 2.29 bits per heavy atom. The number of carbonyl (C=O) groups is 1. The van der Waals surface area contributed by atoms with Gasteiger partial charge < -0.3 is 10.4 Å². The number of hydrogen-bond acceptors (Lipinski definition) is 4. The van der Waals surface area contributed by atoms with Crippen LogP contribution in [0, 0.1) is 13.8 Å². The highest BCUT2D eigenvalue weighted by atomic mass is 32.1. The number of aromatic nitrogens is 1. The number of aryl methyl sites for hydroxylation is 2. The lowest BCUT2D eigenvalue weighted by molar-refractivity contribution is -0.135. The molecule has 0 aromatic carbocycles. The molecule has 0 aliphatic rings. The van der Waals surface area contributed by atoms with Crippen molar-refractivity contribution >= 4 is 17.3 Å². The van der Waals surface area contributed by atoms with Crippen molar-refractivity contribution in [1.82, 2.24) is 10.3 Å². The van der Waals surface area contributed by atoms with Crippen molar-refractivity contribution in [3.63, 3.8) is 0 Å². The second kappa shape index (κ2) is 5.07. The van der Waals surface area contributed by atoms with Gasteiger partial charge in [-0.15, -0.1) is 11.3 Å². The lowest BCUT2D eigenvalue weighted by Gasteiger charge is -1.97. The molecule has 0 aliphatic carbocycles. The third-order valence-electron chi connectivity index (χ3n) is 1.86. The summed E-state index contributed by atoms with van der Waals surface area (Å²) in [5.74, 6) is -0.823. The number of carboxylic acid groups (broad SMARTS) is 1. The van der Waals surface area contributed by atoms with Crippen LogP contribution < -0.4 is 5.32 Å². The molecule has 0 bridgehead atoms. The fourth-order valence-corrected chi connectivity index (χ4v) is 1.97. The van der Waals surface area contributed by atoms with E-state index < -0.39 is 5.97 Å². The maximum Gasteiger partial charge on any atom is 0.317 e. The van der Waals surface area contributed by atoms with Gasteiger partial charge in [0.05, 0.1) is 17.2 Å². The quantitative estimate of drug-likeness (QED) is 0.717.